The van der Waals surface area contributed by atoms with Gasteiger partial charge in [-0.15, -0.1) is 0 Å². The van der Waals surface area contributed by atoms with E-state index in [4.69, 9.17) is 0 Å². The van der Waals surface area contributed by atoms with E-state index in [1.54, 1.807) is 0 Å². The summed E-state index contributed by atoms with van der Waals surface area (Å²) in [6.07, 6.45) is 7.09. The molecular formula is C15H25N3. The summed E-state index contributed by atoms with van der Waals surface area (Å²) >= 11 is 0. The zero-order valence-corrected chi connectivity index (χ0v) is 11.8. The van der Waals surface area contributed by atoms with E-state index in [-0.39, 0.29) is 0 Å². The van der Waals surface area contributed by atoms with Gasteiger partial charge in [0, 0.05) is 30.4 Å². The van der Waals surface area contributed by atoms with Crippen LogP contribution in [0.2, 0.25) is 0 Å². The molecule has 1 aromatic rings. The van der Waals surface area contributed by atoms with Gasteiger partial charge >= 0.3 is 0 Å². The van der Waals surface area contributed by atoms with E-state index in [0.29, 0.717) is 12.1 Å². The van der Waals surface area contributed by atoms with Gasteiger partial charge in [0.25, 0.3) is 0 Å². The van der Waals surface area contributed by atoms with Crippen LogP contribution in [0.25, 0.3) is 0 Å². The van der Waals surface area contributed by atoms with Crippen molar-refractivity contribution in [1.82, 2.24) is 10.3 Å². The fourth-order valence-corrected chi connectivity index (χ4v) is 2.85. The highest BCUT2D eigenvalue weighted by molar-refractivity contribution is 5.49. The van der Waals surface area contributed by atoms with E-state index < -0.39 is 0 Å². The molecule has 0 aliphatic carbocycles. The molecule has 3 nitrogen and oxygen atoms in total. The maximum Gasteiger partial charge on any atom is 0.133 e. The van der Waals surface area contributed by atoms with E-state index in [1.165, 1.54) is 37.1 Å². The monoisotopic (exact) mass is 247 g/mol. The van der Waals surface area contributed by atoms with Crippen LogP contribution in [0.3, 0.4) is 0 Å². The van der Waals surface area contributed by atoms with Crippen LogP contribution < -0.4 is 10.2 Å². The molecule has 1 saturated heterocycles. The van der Waals surface area contributed by atoms with Crippen molar-refractivity contribution in [3.63, 3.8) is 0 Å². The molecule has 1 aliphatic heterocycles. The van der Waals surface area contributed by atoms with Crippen molar-refractivity contribution in [2.24, 2.45) is 0 Å². The van der Waals surface area contributed by atoms with Gasteiger partial charge in [-0.1, -0.05) is 13.0 Å². The number of hydrogen-bond acceptors (Lipinski definition) is 3. The number of aromatic nitrogens is 1. The number of nitrogens with zero attached hydrogens (tertiary/aromatic N) is 2. The molecule has 0 saturated carbocycles. The van der Waals surface area contributed by atoms with Crippen molar-refractivity contribution in [3.05, 3.63) is 23.9 Å². The van der Waals surface area contributed by atoms with Crippen LogP contribution in [-0.4, -0.2) is 24.6 Å². The van der Waals surface area contributed by atoms with Gasteiger partial charge in [-0.3, -0.25) is 0 Å². The number of anilines is 1. The summed E-state index contributed by atoms with van der Waals surface area (Å²) < 4.78 is 0. The van der Waals surface area contributed by atoms with Crippen LogP contribution in [0.4, 0.5) is 5.82 Å². The molecule has 2 heterocycles. The molecule has 1 aliphatic rings. The molecule has 0 amide bonds. The molecule has 1 N–H and O–H groups in total. The minimum atomic E-state index is 0.355. The Morgan fingerprint density at radius 2 is 2.33 bits per heavy atom. The zero-order chi connectivity index (χ0) is 13.0. The summed E-state index contributed by atoms with van der Waals surface area (Å²) in [6.45, 7) is 5.64. The number of rotatable bonds is 4. The van der Waals surface area contributed by atoms with E-state index in [9.17, 15) is 0 Å². The molecule has 1 fully saturated rings. The Kier molecular flexibility index (Phi) is 4.59. The second kappa shape index (κ2) is 6.19. The minimum Gasteiger partial charge on any atom is -0.353 e. The molecule has 1 aromatic heterocycles. The fourth-order valence-electron chi connectivity index (χ4n) is 2.85. The van der Waals surface area contributed by atoms with E-state index in [2.05, 4.69) is 35.1 Å². The van der Waals surface area contributed by atoms with Gasteiger partial charge in [-0.05, 0) is 45.7 Å². The highest BCUT2D eigenvalue weighted by Gasteiger charge is 2.24. The Morgan fingerprint density at radius 1 is 1.50 bits per heavy atom. The van der Waals surface area contributed by atoms with Gasteiger partial charge in [-0.25, -0.2) is 4.98 Å². The van der Waals surface area contributed by atoms with Gasteiger partial charge in [0.1, 0.15) is 5.82 Å². The molecule has 100 valence electrons. The lowest BCUT2D eigenvalue weighted by molar-refractivity contribution is 0.444. The van der Waals surface area contributed by atoms with Crippen LogP contribution in [-0.2, 0) is 0 Å². The predicted octanol–water partition coefficient (Wildman–Crippen LogP) is 3.13. The molecule has 0 bridgehead atoms. The largest absolute Gasteiger partial charge is 0.353 e. The highest BCUT2D eigenvalue weighted by atomic mass is 15.2. The molecule has 2 rings (SSSR count). The Hall–Kier alpha value is -1.09. The summed E-state index contributed by atoms with van der Waals surface area (Å²) in [7, 11) is 2.01. The number of nitrogens with one attached hydrogen (secondary N) is 1. The predicted molar refractivity (Wildman–Crippen MR) is 77.0 cm³/mol. The molecule has 0 radical (unpaired) electrons. The Balaban J connectivity index is 2.30. The average Bonchev–Trinajstić information content (AvgIpc) is 2.46. The maximum atomic E-state index is 4.66. The smallest absolute Gasteiger partial charge is 0.133 e. The quantitative estimate of drug-likeness (QED) is 0.886. The van der Waals surface area contributed by atoms with Crippen LogP contribution in [0, 0.1) is 0 Å². The first-order valence-electron chi connectivity index (χ1n) is 7.16. The summed E-state index contributed by atoms with van der Waals surface area (Å²) in [5.41, 5.74) is 1.32. The van der Waals surface area contributed by atoms with E-state index in [0.717, 1.165) is 6.54 Å². The molecule has 2 atom stereocenters. The van der Waals surface area contributed by atoms with Crippen molar-refractivity contribution in [1.29, 1.82) is 0 Å². The van der Waals surface area contributed by atoms with Crippen LogP contribution in [0.15, 0.2) is 18.3 Å². The van der Waals surface area contributed by atoms with Crippen molar-refractivity contribution in [3.8, 4) is 0 Å². The molecular weight excluding hydrogens is 222 g/mol. The van der Waals surface area contributed by atoms with Gasteiger partial charge in [0.15, 0.2) is 0 Å². The summed E-state index contributed by atoms with van der Waals surface area (Å²) in [6, 6.07) is 5.26. The van der Waals surface area contributed by atoms with Gasteiger partial charge in [0.05, 0.1) is 0 Å². The average molecular weight is 247 g/mol. The molecule has 0 aromatic carbocycles. The summed E-state index contributed by atoms with van der Waals surface area (Å²) in [5, 5.41) is 3.33. The third-order valence-corrected chi connectivity index (χ3v) is 4.09. The zero-order valence-electron chi connectivity index (χ0n) is 11.8. The lowest BCUT2D eigenvalue weighted by Crippen LogP contribution is -2.40. The lowest BCUT2D eigenvalue weighted by atomic mass is 9.98. The number of hydrogen-bond donors (Lipinski definition) is 1. The second-order valence-corrected chi connectivity index (χ2v) is 5.18. The Labute approximate surface area is 111 Å². The Morgan fingerprint density at radius 3 is 3.06 bits per heavy atom. The molecule has 2 unspecified atom stereocenters. The molecule has 18 heavy (non-hydrogen) atoms. The molecule has 0 spiro atoms. The summed E-state index contributed by atoms with van der Waals surface area (Å²) in [4.78, 5) is 7.18. The van der Waals surface area contributed by atoms with Crippen LogP contribution >= 0.6 is 0 Å². The van der Waals surface area contributed by atoms with Gasteiger partial charge < -0.3 is 10.2 Å². The second-order valence-electron chi connectivity index (χ2n) is 5.18. The first-order valence-corrected chi connectivity index (χ1v) is 7.16. The number of piperidine rings is 1. The minimum absolute atomic E-state index is 0.355. The van der Waals surface area contributed by atoms with Crippen LogP contribution in [0.1, 0.15) is 51.1 Å². The van der Waals surface area contributed by atoms with Crippen molar-refractivity contribution in [2.45, 2.75) is 51.6 Å². The van der Waals surface area contributed by atoms with Crippen molar-refractivity contribution in [2.75, 3.05) is 18.5 Å². The highest BCUT2D eigenvalue weighted by Crippen LogP contribution is 2.30. The normalized spacial score (nSPS) is 21.9. The fraction of sp³-hybridized carbons (Fsp3) is 0.667. The van der Waals surface area contributed by atoms with Crippen molar-refractivity contribution >= 4 is 5.82 Å². The van der Waals surface area contributed by atoms with Gasteiger partial charge in [-0.2, -0.15) is 0 Å². The number of pyridine rings is 1. The van der Waals surface area contributed by atoms with Crippen LogP contribution in [0.5, 0.6) is 0 Å². The first-order chi connectivity index (χ1) is 8.77. The third-order valence-electron chi connectivity index (χ3n) is 4.09. The van der Waals surface area contributed by atoms with E-state index in [1.807, 2.05) is 19.3 Å². The summed E-state index contributed by atoms with van der Waals surface area (Å²) in [5.74, 6) is 1.19. The van der Waals surface area contributed by atoms with E-state index >= 15 is 0 Å². The topological polar surface area (TPSA) is 28.2 Å². The first kappa shape index (κ1) is 13.3. The molecule has 3 heteroatoms. The lowest BCUT2D eigenvalue weighted by Gasteiger charge is -2.37. The standard InChI is InChI=1S/C15H25N3/c1-4-13-8-5-6-11-18(13)15-14(12(2)16-3)9-7-10-17-15/h7,9-10,12-13,16H,4-6,8,11H2,1-3H3. The van der Waals surface area contributed by atoms with Gasteiger partial charge in [0.2, 0.25) is 0 Å². The maximum absolute atomic E-state index is 4.66. The van der Waals surface area contributed by atoms with Crippen molar-refractivity contribution < 1.29 is 0 Å². The third kappa shape index (κ3) is 2.66. The Bertz CT molecular complexity index is 378. The SMILES string of the molecule is CCC1CCCCN1c1ncccc1C(C)NC.